The zero-order valence-electron chi connectivity index (χ0n) is 19.8. The van der Waals surface area contributed by atoms with Crippen LogP contribution < -0.4 is 24.4 Å². The van der Waals surface area contributed by atoms with Gasteiger partial charge in [-0.3, -0.25) is 9.36 Å². The molecule has 0 saturated carbocycles. The summed E-state index contributed by atoms with van der Waals surface area (Å²) in [4.78, 5) is 19.7. The number of aryl methyl sites for hydroxylation is 1. The van der Waals surface area contributed by atoms with Gasteiger partial charge in [0.1, 0.15) is 11.5 Å². The van der Waals surface area contributed by atoms with Gasteiger partial charge in [0, 0.05) is 15.6 Å². The summed E-state index contributed by atoms with van der Waals surface area (Å²) < 4.78 is 14.3. The van der Waals surface area contributed by atoms with E-state index in [9.17, 15) is 4.79 Å². The highest BCUT2D eigenvalue weighted by Gasteiger charge is 2.32. The number of halogens is 1. The molecule has 0 spiro atoms. The minimum atomic E-state index is -0.220. The van der Waals surface area contributed by atoms with E-state index >= 15 is 0 Å². The Labute approximate surface area is 220 Å². The molecule has 6 rings (SSSR count). The van der Waals surface area contributed by atoms with Gasteiger partial charge in [0.2, 0.25) is 0 Å². The van der Waals surface area contributed by atoms with E-state index in [1.165, 1.54) is 22.5 Å². The molecular weight excluding hydrogens is 536 g/mol. The maximum absolute atomic E-state index is 13.9. The smallest absolute Gasteiger partial charge is 0.271 e. The third-order valence-electron chi connectivity index (χ3n) is 6.78. The quantitative estimate of drug-likeness (QED) is 0.350. The van der Waals surface area contributed by atoms with Crippen molar-refractivity contribution in [3.05, 3.63) is 119 Å². The number of hydrogen-bond acceptors (Lipinski definition) is 5. The second-order valence-electron chi connectivity index (χ2n) is 8.77. The van der Waals surface area contributed by atoms with Crippen molar-refractivity contribution in [2.75, 3.05) is 14.2 Å². The van der Waals surface area contributed by atoms with Crippen LogP contribution in [0.25, 0.3) is 11.8 Å². The van der Waals surface area contributed by atoms with Crippen LogP contribution in [0.4, 0.5) is 0 Å². The van der Waals surface area contributed by atoms with Crippen molar-refractivity contribution in [3.8, 4) is 11.5 Å². The van der Waals surface area contributed by atoms with Crippen LogP contribution in [0.5, 0.6) is 11.5 Å². The summed E-state index contributed by atoms with van der Waals surface area (Å²) in [6.45, 7) is 0. The molecular formula is C29H23BrN2O3S. The third-order valence-corrected chi connectivity index (χ3v) is 8.26. The standard InChI is InChI=1S/C29H23BrN2O3S/c1-34-21-11-7-18(8-12-21)27-23-13-9-17-5-3-4-6-22(17)26(23)31-29-32(27)28(33)25(36-29)16-19-15-20(30)10-14-24(19)35-2/h3-8,10-12,14-16,27H,9,13H2,1-2H3/b25-16+/t27-/m0/s1. The first kappa shape index (κ1) is 23.0. The number of rotatable bonds is 4. The number of allylic oxidation sites excluding steroid dienone is 1. The molecule has 36 heavy (non-hydrogen) atoms. The SMILES string of the molecule is COc1ccc([C@H]2C3=C(N=c4s/c(=C/c5cc(Br)ccc5OC)c(=O)n42)c2ccccc2CC3)cc1. The van der Waals surface area contributed by atoms with Crippen molar-refractivity contribution < 1.29 is 9.47 Å². The highest BCUT2D eigenvalue weighted by atomic mass is 79.9. The first-order valence-electron chi connectivity index (χ1n) is 11.7. The minimum absolute atomic E-state index is 0.0491. The Morgan fingerprint density at radius 2 is 1.83 bits per heavy atom. The van der Waals surface area contributed by atoms with Gasteiger partial charge in [-0.1, -0.05) is 63.7 Å². The van der Waals surface area contributed by atoms with Crippen LogP contribution >= 0.6 is 27.3 Å². The Hall–Kier alpha value is -3.42. The first-order chi connectivity index (χ1) is 17.6. The molecule has 0 amide bonds. The lowest BCUT2D eigenvalue weighted by atomic mass is 9.83. The van der Waals surface area contributed by atoms with Gasteiger partial charge >= 0.3 is 0 Å². The lowest BCUT2D eigenvalue weighted by molar-refractivity contribution is 0.413. The molecule has 1 aromatic heterocycles. The molecule has 0 unspecified atom stereocenters. The van der Waals surface area contributed by atoms with E-state index in [2.05, 4.69) is 52.3 Å². The molecule has 1 aliphatic heterocycles. The fraction of sp³-hybridized carbons (Fsp3) is 0.172. The number of aromatic nitrogens is 1. The number of methoxy groups -OCH3 is 2. The fourth-order valence-corrected chi connectivity index (χ4v) is 6.44. The second kappa shape index (κ2) is 9.22. The molecule has 4 aromatic rings. The van der Waals surface area contributed by atoms with Gasteiger partial charge in [0.15, 0.2) is 4.80 Å². The van der Waals surface area contributed by atoms with Crippen LogP contribution in [0.1, 0.15) is 34.7 Å². The van der Waals surface area contributed by atoms with Gasteiger partial charge in [0.25, 0.3) is 5.56 Å². The van der Waals surface area contributed by atoms with E-state index in [1.54, 1.807) is 14.2 Å². The Bertz CT molecular complexity index is 1700. The van der Waals surface area contributed by atoms with Crippen LogP contribution in [0.2, 0.25) is 0 Å². The van der Waals surface area contributed by atoms with Crippen LogP contribution in [0, 0.1) is 0 Å². The molecule has 2 heterocycles. The van der Waals surface area contributed by atoms with E-state index in [0.717, 1.165) is 45.5 Å². The van der Waals surface area contributed by atoms with Crippen LogP contribution in [0.3, 0.4) is 0 Å². The highest BCUT2D eigenvalue weighted by Crippen LogP contribution is 2.41. The average Bonchev–Trinajstić information content (AvgIpc) is 3.22. The highest BCUT2D eigenvalue weighted by molar-refractivity contribution is 9.10. The molecule has 180 valence electrons. The zero-order valence-corrected chi connectivity index (χ0v) is 22.2. The van der Waals surface area contributed by atoms with E-state index in [0.29, 0.717) is 15.1 Å². The van der Waals surface area contributed by atoms with Crippen molar-refractivity contribution in [2.45, 2.75) is 18.9 Å². The Kier molecular flexibility index (Phi) is 5.90. The van der Waals surface area contributed by atoms with Crippen molar-refractivity contribution in [2.24, 2.45) is 4.99 Å². The number of hydrogen-bond donors (Lipinski definition) is 0. The van der Waals surface area contributed by atoms with E-state index < -0.39 is 0 Å². The molecule has 1 aliphatic carbocycles. The lowest BCUT2D eigenvalue weighted by Gasteiger charge is -2.30. The molecule has 0 bridgehead atoms. The summed E-state index contributed by atoms with van der Waals surface area (Å²) in [6.07, 6.45) is 3.68. The molecule has 0 radical (unpaired) electrons. The van der Waals surface area contributed by atoms with Crippen molar-refractivity contribution >= 4 is 39.0 Å². The summed E-state index contributed by atoms with van der Waals surface area (Å²) in [5.41, 5.74) is 6.46. The van der Waals surface area contributed by atoms with Gasteiger partial charge in [-0.15, -0.1) is 0 Å². The van der Waals surface area contributed by atoms with Crippen molar-refractivity contribution in [1.82, 2.24) is 4.57 Å². The topological polar surface area (TPSA) is 52.8 Å². The van der Waals surface area contributed by atoms with Gasteiger partial charge in [-0.2, -0.15) is 0 Å². The van der Waals surface area contributed by atoms with E-state index in [-0.39, 0.29) is 11.6 Å². The Morgan fingerprint density at radius 1 is 1.03 bits per heavy atom. The molecule has 0 N–H and O–H groups in total. The molecule has 0 fully saturated rings. The van der Waals surface area contributed by atoms with E-state index in [4.69, 9.17) is 14.5 Å². The second-order valence-corrected chi connectivity index (χ2v) is 10.7. The third kappa shape index (κ3) is 3.83. The van der Waals surface area contributed by atoms with Crippen LogP contribution in [0.15, 0.2) is 86.6 Å². The first-order valence-corrected chi connectivity index (χ1v) is 13.3. The molecule has 2 aliphatic rings. The Morgan fingerprint density at radius 3 is 2.61 bits per heavy atom. The normalized spacial score (nSPS) is 16.6. The van der Waals surface area contributed by atoms with Gasteiger partial charge in [0.05, 0.1) is 30.5 Å². The maximum atomic E-state index is 13.9. The number of benzene rings is 3. The molecule has 7 heteroatoms. The molecule has 0 saturated heterocycles. The fourth-order valence-electron chi connectivity index (χ4n) is 5.07. The zero-order chi connectivity index (χ0) is 24.8. The summed E-state index contributed by atoms with van der Waals surface area (Å²) in [5.74, 6) is 1.50. The van der Waals surface area contributed by atoms with E-state index in [1.807, 2.05) is 41.0 Å². The monoisotopic (exact) mass is 558 g/mol. The minimum Gasteiger partial charge on any atom is -0.497 e. The summed E-state index contributed by atoms with van der Waals surface area (Å²) in [5, 5.41) is 0. The number of nitrogens with zero attached hydrogens (tertiary/aromatic N) is 2. The summed E-state index contributed by atoms with van der Waals surface area (Å²) in [7, 11) is 3.30. The lowest BCUT2D eigenvalue weighted by Crippen LogP contribution is -2.38. The summed E-state index contributed by atoms with van der Waals surface area (Å²) in [6, 6.07) is 22.0. The molecule has 3 aromatic carbocycles. The number of fused-ring (bicyclic) bond motifs is 3. The largest absolute Gasteiger partial charge is 0.497 e. The molecule has 1 atom stereocenters. The van der Waals surface area contributed by atoms with Gasteiger partial charge in [-0.25, -0.2) is 4.99 Å². The summed E-state index contributed by atoms with van der Waals surface area (Å²) >= 11 is 4.95. The van der Waals surface area contributed by atoms with Crippen molar-refractivity contribution in [1.29, 1.82) is 0 Å². The predicted octanol–water partition coefficient (Wildman–Crippen LogP) is 5.10. The van der Waals surface area contributed by atoms with Crippen LogP contribution in [-0.2, 0) is 6.42 Å². The number of thiazole rings is 1. The Balaban J connectivity index is 1.61. The van der Waals surface area contributed by atoms with Gasteiger partial charge in [-0.05, 0) is 65.9 Å². The maximum Gasteiger partial charge on any atom is 0.271 e. The van der Waals surface area contributed by atoms with Crippen LogP contribution in [-0.4, -0.2) is 18.8 Å². The molecule has 5 nitrogen and oxygen atoms in total. The predicted molar refractivity (Wildman–Crippen MR) is 146 cm³/mol. The van der Waals surface area contributed by atoms with Crippen molar-refractivity contribution in [3.63, 3.8) is 0 Å². The average molecular weight is 559 g/mol. The van der Waals surface area contributed by atoms with Gasteiger partial charge < -0.3 is 9.47 Å². The number of ether oxygens (including phenoxy) is 2.